The molecule has 3 fully saturated rings. The number of likely N-dealkylation sites (tertiary alicyclic amines) is 1. The van der Waals surface area contributed by atoms with E-state index in [2.05, 4.69) is 21.3 Å². The maximum atomic E-state index is 13.9. The van der Waals surface area contributed by atoms with Gasteiger partial charge in [0.05, 0.1) is 16.8 Å². The van der Waals surface area contributed by atoms with E-state index in [1.54, 1.807) is 6.92 Å². The van der Waals surface area contributed by atoms with E-state index >= 15 is 0 Å². The molecular weight excluding hydrogens is 562 g/mol. The average Bonchev–Trinajstić information content (AvgIpc) is 3.60. The lowest BCUT2D eigenvalue weighted by Gasteiger charge is -2.42. The predicted molar refractivity (Wildman–Crippen MR) is 159 cm³/mol. The predicted octanol–water partition coefficient (Wildman–Crippen LogP) is 2.14. The average molecular weight is 612 g/mol. The van der Waals surface area contributed by atoms with Gasteiger partial charge in [-0.25, -0.2) is 9.00 Å². The van der Waals surface area contributed by atoms with E-state index in [1.165, 1.54) is 4.90 Å². The lowest BCUT2D eigenvalue weighted by atomic mass is 9.79. The number of nitrogens with zero attached hydrogens (tertiary/aromatic N) is 1. The van der Waals surface area contributed by atoms with Crippen LogP contribution in [0.3, 0.4) is 0 Å². The van der Waals surface area contributed by atoms with Crippen LogP contribution >= 0.6 is 0 Å². The number of ketones is 1. The van der Waals surface area contributed by atoms with E-state index in [1.807, 2.05) is 27.7 Å². The number of carbonyl (C=O) groups is 5. The van der Waals surface area contributed by atoms with Crippen LogP contribution in [0.15, 0.2) is 0 Å². The van der Waals surface area contributed by atoms with Gasteiger partial charge in [0.2, 0.25) is 17.6 Å². The Bertz CT molecular complexity index is 1050. The van der Waals surface area contributed by atoms with Crippen LogP contribution in [-0.2, 0) is 30.3 Å². The van der Waals surface area contributed by atoms with Crippen molar-refractivity contribution in [2.75, 3.05) is 6.54 Å². The minimum Gasteiger partial charge on any atom is -0.347 e. The smallest absolute Gasteiger partial charge is 0.315 e. The highest BCUT2D eigenvalue weighted by Gasteiger charge is 2.45. The normalized spacial score (nSPS) is 23.2. The Hall–Kier alpha value is -2.54. The third-order valence-electron chi connectivity index (χ3n) is 8.76. The summed E-state index contributed by atoms with van der Waals surface area (Å²) in [6.45, 7) is 9.27. The van der Waals surface area contributed by atoms with Gasteiger partial charge in [0.25, 0.3) is 5.91 Å². The summed E-state index contributed by atoms with van der Waals surface area (Å²) in [7, 11) is 0. The summed E-state index contributed by atoms with van der Waals surface area (Å²) in [5, 5.41) is 10.5. The van der Waals surface area contributed by atoms with Gasteiger partial charge in [-0.3, -0.25) is 19.2 Å². The van der Waals surface area contributed by atoms with Crippen LogP contribution in [-0.4, -0.2) is 84.7 Å². The molecule has 1 saturated heterocycles. The number of rotatable bonds is 12. The fraction of sp³-hybridized carbons (Fsp3) is 0.828. The highest BCUT2D eigenvalue weighted by Crippen LogP contribution is 2.33. The molecule has 1 unspecified atom stereocenters. The van der Waals surface area contributed by atoms with E-state index in [0.717, 1.165) is 32.1 Å². The third-order valence-corrected chi connectivity index (χ3v) is 9.82. The molecule has 13 heteroatoms. The minimum absolute atomic E-state index is 0.0170. The Morgan fingerprint density at radius 1 is 1.00 bits per heavy atom. The maximum absolute atomic E-state index is 13.9. The van der Waals surface area contributed by atoms with E-state index in [0.29, 0.717) is 45.1 Å². The largest absolute Gasteiger partial charge is 0.347 e. The second kappa shape index (κ2) is 14.3. The monoisotopic (exact) mass is 611 g/mol. The minimum atomic E-state index is -2.14. The Morgan fingerprint density at radius 3 is 2.19 bits per heavy atom. The number of urea groups is 1. The molecule has 2 aliphatic carbocycles. The number of carbonyl (C=O) groups excluding carboxylic acids is 5. The molecule has 2 saturated carbocycles. The van der Waals surface area contributed by atoms with Crippen LogP contribution in [0.5, 0.6) is 0 Å². The Kier molecular flexibility index (Phi) is 11.6. The highest BCUT2D eigenvalue weighted by atomic mass is 32.2. The number of hydrogen-bond acceptors (Lipinski definition) is 6. The Morgan fingerprint density at radius 2 is 1.64 bits per heavy atom. The number of Topliss-reactive ketones (excluding diaryl/α,β-unsaturated/α-hetero) is 1. The first-order valence-corrected chi connectivity index (χ1v) is 16.5. The molecule has 238 valence electrons. The first-order valence-electron chi connectivity index (χ1n) is 15.3. The number of hydrogen-bond donors (Lipinski definition) is 5. The zero-order valence-corrected chi connectivity index (χ0v) is 26.4. The van der Waals surface area contributed by atoms with E-state index < -0.39 is 74.9 Å². The van der Waals surface area contributed by atoms with Crippen molar-refractivity contribution in [1.29, 1.82) is 0 Å². The van der Waals surface area contributed by atoms with Gasteiger partial charge in [0.15, 0.2) is 11.1 Å². The van der Waals surface area contributed by atoms with E-state index in [-0.39, 0.29) is 6.04 Å². The fourth-order valence-corrected chi connectivity index (χ4v) is 6.67. The molecule has 12 nitrogen and oxygen atoms in total. The van der Waals surface area contributed by atoms with Gasteiger partial charge in [0, 0.05) is 12.6 Å². The van der Waals surface area contributed by atoms with Gasteiger partial charge in [0.1, 0.15) is 12.1 Å². The SMILES string of the molecule is CCC[C@H](NC(=O)[C@@H]1CCCN1C(=O)[C@@H](NC(=O)NC1([C@H](C)S(=O)O)CCCCC1)C(C)(C)C)C(=O)C(=O)NC1CC1. The molecule has 0 aromatic carbocycles. The summed E-state index contributed by atoms with van der Waals surface area (Å²) in [6, 6.07) is -3.39. The van der Waals surface area contributed by atoms with Crippen molar-refractivity contribution in [3.8, 4) is 0 Å². The van der Waals surface area contributed by atoms with Crippen LogP contribution < -0.4 is 21.3 Å². The van der Waals surface area contributed by atoms with E-state index in [4.69, 9.17) is 0 Å². The first kappa shape index (κ1) is 34.0. The molecule has 0 radical (unpaired) electrons. The summed E-state index contributed by atoms with van der Waals surface area (Å²) in [4.78, 5) is 67.3. The van der Waals surface area contributed by atoms with Crippen LogP contribution in [0, 0.1) is 5.41 Å². The van der Waals surface area contributed by atoms with Gasteiger partial charge in [-0.2, -0.15) is 0 Å². The van der Waals surface area contributed by atoms with Crippen LogP contribution in [0.25, 0.3) is 0 Å². The molecule has 3 rings (SSSR count). The van der Waals surface area contributed by atoms with Crippen molar-refractivity contribution in [2.45, 2.75) is 140 Å². The van der Waals surface area contributed by atoms with E-state index in [9.17, 15) is 32.7 Å². The zero-order chi connectivity index (χ0) is 31.2. The van der Waals surface area contributed by atoms with Crippen molar-refractivity contribution >= 4 is 40.6 Å². The summed E-state index contributed by atoms with van der Waals surface area (Å²) in [6.07, 6.45) is 7.26. The molecule has 1 heterocycles. The Labute approximate surface area is 251 Å². The molecule has 42 heavy (non-hydrogen) atoms. The lowest BCUT2D eigenvalue weighted by Crippen LogP contribution is -2.64. The topological polar surface area (TPSA) is 174 Å². The van der Waals surface area contributed by atoms with Crippen LogP contribution in [0.4, 0.5) is 4.79 Å². The second-order valence-electron chi connectivity index (χ2n) is 13.2. The molecule has 5 amide bonds. The van der Waals surface area contributed by atoms with Crippen molar-refractivity contribution in [2.24, 2.45) is 5.41 Å². The van der Waals surface area contributed by atoms with Crippen LogP contribution in [0.1, 0.15) is 105 Å². The third kappa shape index (κ3) is 8.52. The summed E-state index contributed by atoms with van der Waals surface area (Å²) in [5.74, 6) is -2.30. The summed E-state index contributed by atoms with van der Waals surface area (Å²) < 4.78 is 21.8. The standard InChI is InChI=1S/C29H49N5O7S/c1-6-11-20(22(35)25(37)30-19-13-14-19)31-24(36)21-12-10-17-34(21)26(38)23(28(3,4)5)32-27(39)33-29(18(2)42(40)41)15-8-7-9-16-29/h18-21,23H,6-17H2,1-5H3,(H,30,37)(H,31,36)(H,40,41)(H2,32,33,39)/t18-,20-,21-,23+/m0/s1. The molecule has 0 spiro atoms. The molecule has 3 aliphatic rings. The number of amides is 5. The molecular formula is C29H49N5O7S. The first-order chi connectivity index (χ1) is 19.7. The van der Waals surface area contributed by atoms with Gasteiger partial charge in [-0.05, 0) is 57.3 Å². The number of nitrogens with one attached hydrogen (secondary N) is 4. The molecule has 5 N–H and O–H groups in total. The molecule has 5 atom stereocenters. The van der Waals surface area contributed by atoms with Gasteiger partial charge in [-0.15, -0.1) is 0 Å². The van der Waals surface area contributed by atoms with Crippen molar-refractivity contribution in [3.63, 3.8) is 0 Å². The van der Waals surface area contributed by atoms with Gasteiger partial charge >= 0.3 is 6.03 Å². The van der Waals surface area contributed by atoms with Crippen molar-refractivity contribution in [1.82, 2.24) is 26.2 Å². The zero-order valence-electron chi connectivity index (χ0n) is 25.6. The fourth-order valence-electron chi connectivity index (χ4n) is 5.99. The van der Waals surface area contributed by atoms with Gasteiger partial charge < -0.3 is 30.7 Å². The maximum Gasteiger partial charge on any atom is 0.315 e. The molecule has 1 aliphatic heterocycles. The quantitative estimate of drug-likeness (QED) is 0.166. The second-order valence-corrected chi connectivity index (χ2v) is 14.4. The molecule has 0 bridgehead atoms. The lowest BCUT2D eigenvalue weighted by molar-refractivity contribution is -0.143. The molecule has 0 aromatic rings. The Balaban J connectivity index is 1.72. The summed E-state index contributed by atoms with van der Waals surface area (Å²) in [5.41, 5.74) is -1.58. The van der Waals surface area contributed by atoms with Crippen molar-refractivity contribution in [3.05, 3.63) is 0 Å². The highest BCUT2D eigenvalue weighted by molar-refractivity contribution is 7.80. The van der Waals surface area contributed by atoms with Crippen LogP contribution in [0.2, 0.25) is 0 Å². The summed E-state index contributed by atoms with van der Waals surface area (Å²) >= 11 is -2.14. The molecule has 0 aromatic heterocycles. The van der Waals surface area contributed by atoms with Crippen molar-refractivity contribution < 1.29 is 32.7 Å². The van der Waals surface area contributed by atoms with Gasteiger partial charge in [-0.1, -0.05) is 53.4 Å².